The van der Waals surface area contributed by atoms with Crippen LogP contribution in [-0.4, -0.2) is 14.5 Å². The molecule has 0 fully saturated rings. The van der Waals surface area contributed by atoms with E-state index >= 15 is 0 Å². The predicted octanol–water partition coefficient (Wildman–Crippen LogP) is 2.54. The van der Waals surface area contributed by atoms with Crippen LogP contribution in [0.5, 0.6) is 0 Å². The molecule has 0 bridgehead atoms. The number of hydrogen-bond donors (Lipinski definition) is 2. The minimum absolute atomic E-state index is 0.139. The molecule has 19 heavy (non-hydrogen) atoms. The number of nitrogen functional groups attached to an aromatic ring is 1. The lowest BCUT2D eigenvalue weighted by Crippen LogP contribution is -2.41. The number of nitrogens with one attached hydrogen (secondary N) is 1. The number of rotatable bonds is 4. The van der Waals surface area contributed by atoms with Gasteiger partial charge in [0.15, 0.2) is 0 Å². The Morgan fingerprint density at radius 1 is 1.32 bits per heavy atom. The van der Waals surface area contributed by atoms with Gasteiger partial charge in [-0.15, -0.1) is 0 Å². The number of benzene rings is 1. The van der Waals surface area contributed by atoms with Crippen LogP contribution in [0.1, 0.15) is 40.2 Å². The average Bonchev–Trinajstić information content (AvgIpc) is 2.27. The first-order valence-corrected chi connectivity index (χ1v) is 7.97. The molecule has 0 saturated carbocycles. The van der Waals surface area contributed by atoms with Gasteiger partial charge in [-0.25, -0.2) is 13.1 Å². The van der Waals surface area contributed by atoms with Gasteiger partial charge in [0.05, 0.1) is 4.90 Å². The molecule has 0 spiro atoms. The van der Waals surface area contributed by atoms with E-state index in [4.69, 9.17) is 5.73 Å². The molecule has 3 N–H and O–H groups in total. The Kier molecular flexibility index (Phi) is 4.63. The first-order valence-electron chi connectivity index (χ1n) is 6.48. The minimum atomic E-state index is -3.54. The maximum atomic E-state index is 12.5. The Labute approximate surface area is 116 Å². The largest absolute Gasteiger partial charge is 0.399 e. The number of anilines is 1. The van der Waals surface area contributed by atoms with Gasteiger partial charge < -0.3 is 5.73 Å². The van der Waals surface area contributed by atoms with Crippen molar-refractivity contribution in [1.29, 1.82) is 0 Å². The smallest absolute Gasteiger partial charge is 0.241 e. The SMILES string of the molecule is CCc1ccc(N)cc1S(=O)(=O)NC(C)C(C)(C)C. The van der Waals surface area contributed by atoms with Gasteiger partial charge in [-0.3, -0.25) is 0 Å². The molecular weight excluding hydrogens is 260 g/mol. The van der Waals surface area contributed by atoms with Gasteiger partial charge >= 0.3 is 0 Å². The van der Waals surface area contributed by atoms with Gasteiger partial charge in [0, 0.05) is 11.7 Å². The summed E-state index contributed by atoms with van der Waals surface area (Å²) in [6.07, 6.45) is 0.653. The molecule has 0 aliphatic carbocycles. The molecule has 5 heteroatoms. The highest BCUT2D eigenvalue weighted by molar-refractivity contribution is 7.89. The molecule has 0 aliphatic heterocycles. The van der Waals surface area contributed by atoms with Crippen molar-refractivity contribution in [3.05, 3.63) is 23.8 Å². The van der Waals surface area contributed by atoms with E-state index < -0.39 is 10.0 Å². The van der Waals surface area contributed by atoms with Crippen LogP contribution in [-0.2, 0) is 16.4 Å². The zero-order valence-electron chi connectivity index (χ0n) is 12.3. The molecule has 0 radical (unpaired) electrons. The van der Waals surface area contributed by atoms with Crippen molar-refractivity contribution < 1.29 is 8.42 Å². The van der Waals surface area contributed by atoms with Crippen LogP contribution in [0.15, 0.2) is 23.1 Å². The molecule has 1 rings (SSSR count). The van der Waals surface area contributed by atoms with E-state index in [0.717, 1.165) is 5.56 Å². The Bertz CT molecular complexity index is 545. The van der Waals surface area contributed by atoms with Crippen molar-refractivity contribution in [3.63, 3.8) is 0 Å². The zero-order valence-corrected chi connectivity index (χ0v) is 13.1. The fourth-order valence-electron chi connectivity index (χ4n) is 1.59. The molecule has 108 valence electrons. The van der Waals surface area contributed by atoms with Crippen LogP contribution in [0.3, 0.4) is 0 Å². The first-order chi connectivity index (χ1) is 8.58. The van der Waals surface area contributed by atoms with Crippen LogP contribution < -0.4 is 10.5 Å². The second-order valence-electron chi connectivity index (χ2n) is 5.93. The van der Waals surface area contributed by atoms with Crippen molar-refractivity contribution in [2.45, 2.75) is 52.0 Å². The van der Waals surface area contributed by atoms with Crippen LogP contribution >= 0.6 is 0 Å². The molecule has 0 amide bonds. The predicted molar refractivity (Wildman–Crippen MR) is 79.5 cm³/mol. The van der Waals surface area contributed by atoms with Crippen LogP contribution in [0.4, 0.5) is 5.69 Å². The molecule has 1 unspecified atom stereocenters. The number of nitrogens with two attached hydrogens (primary N) is 1. The van der Waals surface area contributed by atoms with Crippen LogP contribution in [0, 0.1) is 5.41 Å². The fraction of sp³-hybridized carbons (Fsp3) is 0.571. The fourth-order valence-corrected chi connectivity index (χ4v) is 3.38. The van der Waals surface area contributed by atoms with E-state index in [1.54, 1.807) is 12.1 Å². The molecule has 0 aromatic heterocycles. The zero-order chi connectivity index (χ0) is 14.8. The van der Waals surface area contributed by atoms with E-state index in [-0.39, 0.29) is 16.4 Å². The van der Waals surface area contributed by atoms with Crippen molar-refractivity contribution in [3.8, 4) is 0 Å². The summed E-state index contributed by atoms with van der Waals surface area (Å²) < 4.78 is 27.6. The van der Waals surface area contributed by atoms with Crippen molar-refractivity contribution in [2.24, 2.45) is 5.41 Å². The van der Waals surface area contributed by atoms with E-state index in [0.29, 0.717) is 12.1 Å². The van der Waals surface area contributed by atoms with Gasteiger partial charge in [-0.05, 0) is 36.5 Å². The van der Waals surface area contributed by atoms with Crippen LogP contribution in [0.2, 0.25) is 0 Å². The second kappa shape index (κ2) is 5.51. The van der Waals surface area contributed by atoms with Gasteiger partial charge in [0.1, 0.15) is 0 Å². The summed E-state index contributed by atoms with van der Waals surface area (Å²) in [5.41, 5.74) is 6.80. The maximum Gasteiger partial charge on any atom is 0.241 e. The summed E-state index contributed by atoms with van der Waals surface area (Å²) in [5.74, 6) is 0. The van der Waals surface area contributed by atoms with Crippen LogP contribution in [0.25, 0.3) is 0 Å². The van der Waals surface area contributed by atoms with Gasteiger partial charge in [-0.2, -0.15) is 0 Å². The normalized spacial score (nSPS) is 14.4. The third-order valence-electron chi connectivity index (χ3n) is 3.39. The Morgan fingerprint density at radius 2 is 1.89 bits per heavy atom. The third-order valence-corrected chi connectivity index (χ3v) is 5.02. The maximum absolute atomic E-state index is 12.5. The Morgan fingerprint density at radius 3 is 2.37 bits per heavy atom. The van der Waals surface area contributed by atoms with E-state index in [1.807, 2.05) is 34.6 Å². The highest BCUT2D eigenvalue weighted by Gasteiger charge is 2.27. The number of hydrogen-bond acceptors (Lipinski definition) is 3. The second-order valence-corrected chi connectivity index (χ2v) is 7.61. The van der Waals surface area contributed by atoms with Crippen molar-refractivity contribution >= 4 is 15.7 Å². The average molecular weight is 284 g/mol. The van der Waals surface area contributed by atoms with Crippen molar-refractivity contribution in [2.75, 3.05) is 5.73 Å². The third kappa shape index (κ3) is 3.94. The standard InChI is InChI=1S/C14H24N2O2S/c1-6-11-7-8-12(15)9-13(11)19(17,18)16-10(2)14(3,4)5/h7-10,16H,6,15H2,1-5H3. The lowest BCUT2D eigenvalue weighted by molar-refractivity contribution is 0.317. The van der Waals surface area contributed by atoms with E-state index in [9.17, 15) is 8.42 Å². The molecule has 1 aromatic rings. The molecule has 0 saturated heterocycles. The highest BCUT2D eigenvalue weighted by Crippen LogP contribution is 2.24. The van der Waals surface area contributed by atoms with Gasteiger partial charge in [0.25, 0.3) is 0 Å². The lowest BCUT2D eigenvalue weighted by Gasteiger charge is -2.28. The number of aryl methyl sites for hydroxylation is 1. The lowest BCUT2D eigenvalue weighted by atomic mass is 9.89. The van der Waals surface area contributed by atoms with Crippen molar-refractivity contribution in [1.82, 2.24) is 4.72 Å². The monoisotopic (exact) mass is 284 g/mol. The molecular formula is C14H24N2O2S. The first kappa shape index (κ1) is 16.0. The number of sulfonamides is 1. The minimum Gasteiger partial charge on any atom is -0.399 e. The van der Waals surface area contributed by atoms with E-state index in [1.165, 1.54) is 6.07 Å². The Hall–Kier alpha value is -1.07. The summed E-state index contributed by atoms with van der Waals surface area (Å²) in [4.78, 5) is 0.283. The molecule has 4 nitrogen and oxygen atoms in total. The molecule has 0 heterocycles. The van der Waals surface area contributed by atoms with Gasteiger partial charge in [0.2, 0.25) is 10.0 Å². The highest BCUT2D eigenvalue weighted by atomic mass is 32.2. The Balaban J connectivity index is 3.17. The topological polar surface area (TPSA) is 72.2 Å². The molecule has 1 atom stereocenters. The summed E-state index contributed by atoms with van der Waals surface area (Å²) in [6, 6.07) is 4.86. The summed E-state index contributed by atoms with van der Waals surface area (Å²) >= 11 is 0. The van der Waals surface area contributed by atoms with E-state index in [2.05, 4.69) is 4.72 Å². The van der Waals surface area contributed by atoms with Gasteiger partial charge in [-0.1, -0.05) is 33.8 Å². The summed E-state index contributed by atoms with van der Waals surface area (Å²) in [7, 11) is -3.54. The quantitative estimate of drug-likeness (QED) is 0.835. The molecule has 0 aliphatic rings. The summed E-state index contributed by atoms with van der Waals surface area (Å²) in [6.45, 7) is 9.80. The molecule has 1 aromatic carbocycles. The summed E-state index contributed by atoms with van der Waals surface area (Å²) in [5, 5.41) is 0.